The van der Waals surface area contributed by atoms with Crippen LogP contribution in [-0.4, -0.2) is 89.6 Å². The van der Waals surface area contributed by atoms with Crippen molar-refractivity contribution in [2.24, 2.45) is 16.8 Å². The fraction of sp³-hybridized carbons (Fsp3) is 0.467. The number of rotatable bonds is 10. The molecular formula is C30H33F5N4O7. The predicted molar refractivity (Wildman–Crippen MR) is 152 cm³/mol. The Morgan fingerprint density at radius 1 is 0.957 bits per heavy atom. The summed E-state index contributed by atoms with van der Waals surface area (Å²) in [6.07, 6.45) is -4.07. The highest BCUT2D eigenvalue weighted by Crippen LogP contribution is 2.44. The molecule has 250 valence electrons. The Morgan fingerprint density at radius 2 is 1.50 bits per heavy atom. The molecule has 0 radical (unpaired) electrons. The van der Waals surface area contributed by atoms with Crippen molar-refractivity contribution in [2.75, 3.05) is 26.3 Å². The number of halogens is 5. The molecule has 1 aromatic carbocycles. The summed E-state index contributed by atoms with van der Waals surface area (Å²) in [5, 5.41) is 2.41. The zero-order valence-electron chi connectivity index (χ0n) is 25.6. The van der Waals surface area contributed by atoms with E-state index < -0.39 is 70.8 Å². The van der Waals surface area contributed by atoms with Crippen LogP contribution in [0.15, 0.2) is 53.0 Å². The van der Waals surface area contributed by atoms with Gasteiger partial charge in [0.05, 0.1) is 18.9 Å². The van der Waals surface area contributed by atoms with Crippen LogP contribution in [0.2, 0.25) is 0 Å². The summed E-state index contributed by atoms with van der Waals surface area (Å²) in [4.78, 5) is 70.5. The quantitative estimate of drug-likeness (QED) is 0.230. The van der Waals surface area contributed by atoms with Crippen molar-refractivity contribution in [3.8, 4) is 0 Å². The number of benzene rings is 1. The minimum atomic E-state index is -6.29. The molecule has 1 aromatic rings. The van der Waals surface area contributed by atoms with Crippen molar-refractivity contribution in [1.29, 1.82) is 0 Å². The van der Waals surface area contributed by atoms with E-state index in [9.17, 15) is 45.9 Å². The van der Waals surface area contributed by atoms with E-state index in [1.54, 1.807) is 4.90 Å². The highest BCUT2D eigenvalue weighted by Gasteiger charge is 2.64. The number of imide groups is 1. The van der Waals surface area contributed by atoms with E-state index in [0.717, 1.165) is 26.1 Å². The molecule has 2 aliphatic heterocycles. The van der Waals surface area contributed by atoms with E-state index in [0.29, 0.717) is 33.2 Å². The number of carbonyl (C=O) groups excluding carboxylic acids is 5. The van der Waals surface area contributed by atoms with Crippen molar-refractivity contribution in [1.82, 2.24) is 15.1 Å². The molecule has 1 atom stereocenters. The smallest absolute Gasteiger partial charge is 0.422 e. The van der Waals surface area contributed by atoms with Crippen molar-refractivity contribution in [3.05, 3.63) is 59.1 Å². The zero-order chi connectivity index (χ0) is 34.6. The van der Waals surface area contributed by atoms with E-state index >= 15 is 0 Å². The molecule has 1 fully saturated rings. The van der Waals surface area contributed by atoms with Crippen LogP contribution in [0.1, 0.15) is 55.3 Å². The van der Waals surface area contributed by atoms with Gasteiger partial charge in [-0.3, -0.25) is 29.0 Å². The molecule has 1 N–H and O–H groups in total. The number of carbonyl (C=O) groups is 5. The summed E-state index contributed by atoms with van der Waals surface area (Å²) in [6, 6.07) is 3.73. The summed E-state index contributed by atoms with van der Waals surface area (Å²) in [6.45, 7) is 7.20. The standard InChI is InChI=1S/C30H33F5N4O7/c1-16(2)22(37-25(41)19-6-8-20(9-7-19)26(42)38-12-14-45-15-13-38)28(44)39(27(43)21-10-11-36-21)23(17(3)4)24(46-18(5)40)29(31,32)30(33,34)35/h6-11,16-17,22H,12-15H2,1-5H3,(H,37,41)/b24-23+/t22-/m0/s1. The van der Waals surface area contributed by atoms with E-state index in [-0.39, 0.29) is 21.9 Å². The minimum Gasteiger partial charge on any atom is -0.422 e. The third-order valence-electron chi connectivity index (χ3n) is 6.91. The van der Waals surface area contributed by atoms with Gasteiger partial charge in [0, 0.05) is 37.3 Å². The first kappa shape index (κ1) is 36.0. The van der Waals surface area contributed by atoms with Gasteiger partial charge in [0.1, 0.15) is 11.8 Å². The van der Waals surface area contributed by atoms with Gasteiger partial charge in [0.2, 0.25) is 5.76 Å². The molecular weight excluding hydrogens is 623 g/mol. The Balaban J connectivity index is 2.04. The first-order valence-electron chi connectivity index (χ1n) is 14.2. The SMILES string of the molecule is CC(=O)O/C(=C(\C(C)C)N(C(=O)C1=NC=C1)C(=O)[C@@H](NC(=O)c1ccc(C(=O)N2CCOCC2)cc1)C(C)C)C(F)(F)C(F)(F)F. The highest BCUT2D eigenvalue weighted by molar-refractivity contribution is 6.47. The summed E-state index contributed by atoms with van der Waals surface area (Å²) in [7, 11) is 0. The molecule has 0 aliphatic carbocycles. The van der Waals surface area contributed by atoms with Gasteiger partial charge in [0.25, 0.3) is 23.6 Å². The van der Waals surface area contributed by atoms with Crippen LogP contribution in [0.4, 0.5) is 22.0 Å². The first-order chi connectivity index (χ1) is 21.4. The van der Waals surface area contributed by atoms with E-state index in [2.05, 4.69) is 15.0 Å². The lowest BCUT2D eigenvalue weighted by Crippen LogP contribution is -2.55. The molecule has 0 saturated carbocycles. The fourth-order valence-corrected chi connectivity index (χ4v) is 4.48. The van der Waals surface area contributed by atoms with Crippen molar-refractivity contribution >= 4 is 35.3 Å². The van der Waals surface area contributed by atoms with Gasteiger partial charge in [-0.1, -0.05) is 27.7 Å². The van der Waals surface area contributed by atoms with Gasteiger partial charge in [-0.05, 0) is 42.2 Å². The van der Waals surface area contributed by atoms with Crippen molar-refractivity contribution in [3.63, 3.8) is 0 Å². The largest absolute Gasteiger partial charge is 0.461 e. The average Bonchev–Trinajstić information content (AvgIpc) is 2.95. The molecule has 0 bridgehead atoms. The topological polar surface area (TPSA) is 135 Å². The third-order valence-corrected chi connectivity index (χ3v) is 6.91. The monoisotopic (exact) mass is 656 g/mol. The molecule has 2 heterocycles. The molecule has 4 amide bonds. The number of allylic oxidation sites excluding steroid dienone is 2. The number of nitrogens with zero attached hydrogens (tertiary/aromatic N) is 3. The zero-order valence-corrected chi connectivity index (χ0v) is 25.6. The molecule has 2 aliphatic rings. The van der Waals surface area contributed by atoms with Crippen LogP contribution in [0, 0.1) is 11.8 Å². The summed E-state index contributed by atoms with van der Waals surface area (Å²) >= 11 is 0. The third kappa shape index (κ3) is 7.84. The second-order valence-electron chi connectivity index (χ2n) is 11.0. The average molecular weight is 657 g/mol. The maximum absolute atomic E-state index is 14.9. The van der Waals surface area contributed by atoms with Gasteiger partial charge >= 0.3 is 18.1 Å². The highest BCUT2D eigenvalue weighted by atomic mass is 19.4. The second-order valence-corrected chi connectivity index (χ2v) is 11.0. The first-order valence-corrected chi connectivity index (χ1v) is 14.2. The van der Waals surface area contributed by atoms with Crippen LogP contribution < -0.4 is 5.32 Å². The van der Waals surface area contributed by atoms with Gasteiger partial charge in [-0.2, -0.15) is 22.0 Å². The van der Waals surface area contributed by atoms with Crippen LogP contribution in [0.3, 0.4) is 0 Å². The number of amides is 4. The van der Waals surface area contributed by atoms with Crippen molar-refractivity contribution < 1.29 is 55.4 Å². The predicted octanol–water partition coefficient (Wildman–Crippen LogP) is 3.87. The van der Waals surface area contributed by atoms with Crippen LogP contribution >= 0.6 is 0 Å². The molecule has 1 saturated heterocycles. The summed E-state index contributed by atoms with van der Waals surface area (Å²) in [5.74, 6) is -15.9. The number of morpholine rings is 1. The van der Waals surface area contributed by atoms with E-state index in [4.69, 9.17) is 4.74 Å². The number of ether oxygens (including phenoxy) is 2. The number of nitrogens with one attached hydrogen (secondary N) is 1. The number of esters is 1. The molecule has 0 spiro atoms. The lowest BCUT2D eigenvalue weighted by molar-refractivity contribution is -0.276. The lowest BCUT2D eigenvalue weighted by Gasteiger charge is -2.34. The normalized spacial score (nSPS) is 16.3. The maximum atomic E-state index is 14.9. The molecule has 0 unspecified atom stereocenters. The number of aliphatic imine (C=N–C) groups is 1. The van der Waals surface area contributed by atoms with E-state index in [1.807, 2.05) is 0 Å². The fourth-order valence-electron chi connectivity index (χ4n) is 4.48. The molecule has 0 aromatic heterocycles. The summed E-state index contributed by atoms with van der Waals surface area (Å²) < 4.78 is 80.2. The van der Waals surface area contributed by atoms with Crippen LogP contribution in [0.5, 0.6) is 0 Å². The number of alkyl halides is 5. The summed E-state index contributed by atoms with van der Waals surface area (Å²) in [5.41, 5.74) is -1.46. The Labute approximate surface area is 261 Å². The molecule has 11 nitrogen and oxygen atoms in total. The van der Waals surface area contributed by atoms with Gasteiger partial charge in [-0.15, -0.1) is 0 Å². The van der Waals surface area contributed by atoms with Crippen molar-refractivity contribution in [2.45, 2.75) is 52.8 Å². The van der Waals surface area contributed by atoms with Gasteiger partial charge < -0.3 is 19.7 Å². The molecule has 3 rings (SSSR count). The van der Waals surface area contributed by atoms with Gasteiger partial charge in [-0.25, -0.2) is 4.90 Å². The minimum absolute atomic E-state index is 0.0232. The van der Waals surface area contributed by atoms with Gasteiger partial charge in [0.15, 0.2) is 0 Å². The van der Waals surface area contributed by atoms with Crippen LogP contribution in [-0.2, 0) is 23.9 Å². The molecule has 46 heavy (non-hydrogen) atoms. The van der Waals surface area contributed by atoms with E-state index in [1.165, 1.54) is 38.1 Å². The Bertz CT molecular complexity index is 1460. The number of hydrogen-bond acceptors (Lipinski definition) is 8. The molecule has 16 heteroatoms. The Kier molecular flexibility index (Phi) is 11.2. The Morgan fingerprint density at radius 3 is 1.93 bits per heavy atom. The second kappa shape index (κ2) is 14.3. The Hall–Kier alpha value is -4.47. The van der Waals surface area contributed by atoms with Crippen LogP contribution in [0.25, 0.3) is 0 Å². The maximum Gasteiger partial charge on any atom is 0.461 e. The number of hydrogen-bond donors (Lipinski definition) is 1. The lowest BCUT2D eigenvalue weighted by atomic mass is 9.97.